The SMILES string of the molecule is CCOC(=O)c1ccc2c(c1)NC(=O)/C2=C(\Nc1ccc(N(C(=O)CN2CCCCC2)C(C)C)cc1)c1ccccc1. The minimum Gasteiger partial charge on any atom is -0.462 e. The molecule has 2 heterocycles. The van der Waals surface area contributed by atoms with E-state index >= 15 is 0 Å². The lowest BCUT2D eigenvalue weighted by Gasteiger charge is -2.32. The van der Waals surface area contributed by atoms with Gasteiger partial charge < -0.3 is 20.3 Å². The molecule has 0 saturated carbocycles. The first-order valence-electron chi connectivity index (χ1n) is 14.7. The summed E-state index contributed by atoms with van der Waals surface area (Å²) in [7, 11) is 0. The second-order valence-corrected chi connectivity index (χ2v) is 10.9. The topological polar surface area (TPSA) is 91.0 Å². The highest BCUT2D eigenvalue weighted by Crippen LogP contribution is 2.38. The highest BCUT2D eigenvalue weighted by Gasteiger charge is 2.30. The predicted molar refractivity (Wildman–Crippen MR) is 167 cm³/mol. The number of likely N-dealkylation sites (tertiary alicyclic amines) is 1. The number of nitrogens with zero attached hydrogens (tertiary/aromatic N) is 2. The lowest BCUT2D eigenvalue weighted by atomic mass is 9.99. The number of ether oxygens (including phenoxy) is 1. The van der Waals surface area contributed by atoms with Gasteiger partial charge in [-0.3, -0.25) is 14.5 Å². The number of amides is 2. The number of carbonyl (C=O) groups excluding carboxylic acids is 3. The highest BCUT2D eigenvalue weighted by atomic mass is 16.5. The number of carbonyl (C=O) groups is 3. The van der Waals surface area contributed by atoms with Gasteiger partial charge in [0.2, 0.25) is 5.91 Å². The Morgan fingerprint density at radius 1 is 0.952 bits per heavy atom. The van der Waals surface area contributed by atoms with Crippen molar-refractivity contribution >= 4 is 46.1 Å². The van der Waals surface area contributed by atoms with Crippen LogP contribution in [0.1, 0.15) is 61.5 Å². The van der Waals surface area contributed by atoms with Gasteiger partial charge in [-0.05, 0) is 88.7 Å². The molecule has 0 aliphatic carbocycles. The number of benzene rings is 3. The summed E-state index contributed by atoms with van der Waals surface area (Å²) in [5.74, 6) is -0.595. The van der Waals surface area contributed by atoms with Crippen LogP contribution in [0.5, 0.6) is 0 Å². The zero-order chi connectivity index (χ0) is 29.6. The molecular weight excluding hydrogens is 528 g/mol. The molecule has 0 bridgehead atoms. The normalized spacial score (nSPS) is 16.0. The van der Waals surface area contributed by atoms with Crippen LogP contribution in [-0.4, -0.2) is 55.0 Å². The fourth-order valence-corrected chi connectivity index (χ4v) is 5.61. The minimum absolute atomic E-state index is 0.0151. The van der Waals surface area contributed by atoms with Gasteiger partial charge in [0.15, 0.2) is 0 Å². The van der Waals surface area contributed by atoms with Crippen LogP contribution in [0, 0.1) is 0 Å². The summed E-state index contributed by atoms with van der Waals surface area (Å²) in [6.07, 6.45) is 3.52. The van der Waals surface area contributed by atoms with Crippen molar-refractivity contribution < 1.29 is 19.1 Å². The number of rotatable bonds is 9. The van der Waals surface area contributed by atoms with Crippen molar-refractivity contribution in [1.29, 1.82) is 0 Å². The van der Waals surface area contributed by atoms with Gasteiger partial charge in [-0.15, -0.1) is 0 Å². The van der Waals surface area contributed by atoms with Crippen molar-refractivity contribution in [2.24, 2.45) is 0 Å². The fraction of sp³-hybridized carbons (Fsp3) is 0.324. The number of anilines is 3. The number of esters is 1. The van der Waals surface area contributed by atoms with E-state index in [-0.39, 0.29) is 24.5 Å². The number of fused-ring (bicyclic) bond motifs is 1. The third kappa shape index (κ3) is 6.39. The van der Waals surface area contributed by atoms with Gasteiger partial charge in [-0.25, -0.2) is 4.79 Å². The molecule has 8 nitrogen and oxygen atoms in total. The third-order valence-corrected chi connectivity index (χ3v) is 7.60. The summed E-state index contributed by atoms with van der Waals surface area (Å²) in [6.45, 7) is 8.46. The van der Waals surface area contributed by atoms with Gasteiger partial charge in [0.1, 0.15) is 0 Å². The smallest absolute Gasteiger partial charge is 0.338 e. The molecule has 0 spiro atoms. The lowest BCUT2D eigenvalue weighted by Crippen LogP contribution is -2.45. The molecule has 1 fully saturated rings. The first kappa shape index (κ1) is 29.1. The second-order valence-electron chi connectivity index (χ2n) is 10.9. The molecule has 2 amide bonds. The fourth-order valence-electron chi connectivity index (χ4n) is 5.61. The van der Waals surface area contributed by atoms with Crippen LogP contribution in [0.25, 0.3) is 11.3 Å². The van der Waals surface area contributed by atoms with Crippen LogP contribution in [0.2, 0.25) is 0 Å². The maximum Gasteiger partial charge on any atom is 0.338 e. The summed E-state index contributed by atoms with van der Waals surface area (Å²) < 4.78 is 5.13. The molecule has 0 aromatic heterocycles. The van der Waals surface area contributed by atoms with Crippen molar-refractivity contribution in [2.75, 3.05) is 41.8 Å². The largest absolute Gasteiger partial charge is 0.462 e. The highest BCUT2D eigenvalue weighted by molar-refractivity contribution is 6.37. The van der Waals surface area contributed by atoms with Crippen molar-refractivity contribution in [3.05, 3.63) is 89.5 Å². The zero-order valence-corrected chi connectivity index (χ0v) is 24.5. The molecule has 0 radical (unpaired) electrons. The Morgan fingerprint density at radius 2 is 1.67 bits per heavy atom. The van der Waals surface area contributed by atoms with Crippen molar-refractivity contribution in [3.63, 3.8) is 0 Å². The van der Waals surface area contributed by atoms with Gasteiger partial charge >= 0.3 is 5.97 Å². The monoisotopic (exact) mass is 566 g/mol. The van der Waals surface area contributed by atoms with Crippen LogP contribution in [0.4, 0.5) is 17.1 Å². The Balaban J connectivity index is 1.44. The quantitative estimate of drug-likeness (QED) is 0.243. The Morgan fingerprint density at radius 3 is 2.33 bits per heavy atom. The molecule has 0 atom stereocenters. The molecule has 0 unspecified atom stereocenters. The lowest BCUT2D eigenvalue weighted by molar-refractivity contribution is -0.120. The first-order chi connectivity index (χ1) is 20.4. The molecule has 3 aromatic rings. The van der Waals surface area contributed by atoms with E-state index in [1.807, 2.05) is 73.3 Å². The molecule has 218 valence electrons. The molecule has 1 saturated heterocycles. The molecule has 42 heavy (non-hydrogen) atoms. The van der Waals surface area contributed by atoms with E-state index < -0.39 is 5.97 Å². The standard InChI is InChI=1S/C34H38N4O4/c1-4-42-34(41)25-13-18-28-29(21-25)36-33(40)31(28)32(24-11-7-5-8-12-24)35-26-14-16-27(17-15-26)38(23(2)3)30(39)22-37-19-9-6-10-20-37/h5,7-8,11-18,21,23,35H,4,6,9-10,19-20,22H2,1-3H3,(H,36,40)/b32-31-. The van der Waals surface area contributed by atoms with Crippen molar-refractivity contribution in [1.82, 2.24) is 4.90 Å². The Labute approximate surface area is 247 Å². The van der Waals surface area contributed by atoms with Crippen LogP contribution in [0.3, 0.4) is 0 Å². The molecule has 5 rings (SSSR count). The van der Waals surface area contributed by atoms with Gasteiger partial charge in [-0.1, -0.05) is 42.8 Å². The van der Waals surface area contributed by atoms with Crippen LogP contribution in [-0.2, 0) is 14.3 Å². The number of nitrogens with one attached hydrogen (secondary N) is 2. The number of hydrogen-bond donors (Lipinski definition) is 2. The van der Waals surface area contributed by atoms with Crippen LogP contribution in [0.15, 0.2) is 72.8 Å². The zero-order valence-electron chi connectivity index (χ0n) is 24.5. The molecule has 2 N–H and O–H groups in total. The van der Waals surface area contributed by atoms with E-state index in [0.29, 0.717) is 34.6 Å². The van der Waals surface area contributed by atoms with E-state index in [1.54, 1.807) is 25.1 Å². The van der Waals surface area contributed by atoms with Crippen LogP contribution < -0.4 is 15.5 Å². The third-order valence-electron chi connectivity index (χ3n) is 7.60. The summed E-state index contributed by atoms with van der Waals surface area (Å²) >= 11 is 0. The van der Waals surface area contributed by atoms with E-state index in [2.05, 4.69) is 15.5 Å². The Bertz CT molecular complexity index is 1480. The van der Waals surface area contributed by atoms with Gasteiger partial charge in [0.25, 0.3) is 5.91 Å². The van der Waals surface area contributed by atoms with E-state index in [9.17, 15) is 14.4 Å². The number of hydrogen-bond acceptors (Lipinski definition) is 6. The predicted octanol–water partition coefficient (Wildman–Crippen LogP) is 6.02. The Kier molecular flexibility index (Phi) is 9.03. The van der Waals surface area contributed by atoms with Gasteiger partial charge in [-0.2, -0.15) is 0 Å². The molecule has 3 aromatic carbocycles. The minimum atomic E-state index is -0.432. The average molecular weight is 567 g/mol. The summed E-state index contributed by atoms with van der Waals surface area (Å²) in [6, 6.07) is 22.5. The van der Waals surface area contributed by atoms with Crippen molar-refractivity contribution in [2.45, 2.75) is 46.1 Å². The second kappa shape index (κ2) is 13.0. The summed E-state index contributed by atoms with van der Waals surface area (Å²) in [5, 5.41) is 6.38. The maximum atomic E-state index is 13.3. The summed E-state index contributed by atoms with van der Waals surface area (Å²) in [4.78, 5) is 43.0. The van der Waals surface area contributed by atoms with Gasteiger partial charge in [0, 0.05) is 23.0 Å². The number of piperidine rings is 1. The molecular formula is C34H38N4O4. The molecule has 2 aliphatic rings. The van der Waals surface area contributed by atoms with E-state index in [0.717, 1.165) is 42.9 Å². The molecule has 2 aliphatic heterocycles. The first-order valence-corrected chi connectivity index (χ1v) is 14.7. The molecule has 8 heteroatoms. The average Bonchev–Trinajstić information content (AvgIpc) is 3.32. The van der Waals surface area contributed by atoms with E-state index in [1.165, 1.54) is 6.42 Å². The van der Waals surface area contributed by atoms with Crippen molar-refractivity contribution in [3.8, 4) is 0 Å². The Hall–Kier alpha value is -4.43. The van der Waals surface area contributed by atoms with Crippen LogP contribution >= 0.6 is 0 Å². The summed E-state index contributed by atoms with van der Waals surface area (Å²) in [5.41, 5.74) is 5.22. The maximum absolute atomic E-state index is 13.3. The van der Waals surface area contributed by atoms with Gasteiger partial charge in [0.05, 0.1) is 35.7 Å². The van der Waals surface area contributed by atoms with E-state index in [4.69, 9.17) is 4.74 Å².